The number of carbonyl (C=O) groups excluding carboxylic acids is 1. The summed E-state index contributed by atoms with van der Waals surface area (Å²) in [6, 6.07) is 0.942. The normalized spacial score (nSPS) is 15.2. The van der Waals surface area contributed by atoms with Gasteiger partial charge in [-0.05, 0) is 47.9 Å². The number of thiazole rings is 1. The Kier molecular flexibility index (Phi) is 5.04. The molecule has 4 aromatic heterocycles. The molecule has 0 saturated heterocycles. The highest BCUT2D eigenvalue weighted by Crippen LogP contribution is 2.51. The van der Waals surface area contributed by atoms with Gasteiger partial charge in [0.05, 0.1) is 17.4 Å². The molecule has 0 aromatic carbocycles. The van der Waals surface area contributed by atoms with Gasteiger partial charge in [-0.1, -0.05) is 18.3 Å². The molecule has 33 heavy (non-hydrogen) atoms. The van der Waals surface area contributed by atoms with Crippen molar-refractivity contribution in [2.75, 3.05) is 0 Å². The lowest BCUT2D eigenvalue weighted by Gasteiger charge is -2.16. The number of hydrogen-bond acceptors (Lipinski definition) is 7. The molecule has 7 nitrogen and oxygen atoms in total. The zero-order valence-corrected chi connectivity index (χ0v) is 18.7. The SMILES string of the molecule is Cc1nc2c(C3(C)CC3)c(CC(=O)Cc3cnc(-n4nccn4)c(C(F)(F)F)c3)cnc2s1. The molecule has 0 radical (unpaired) electrons. The van der Waals surface area contributed by atoms with Crippen molar-refractivity contribution in [3.05, 3.63) is 58.1 Å². The van der Waals surface area contributed by atoms with Crippen LogP contribution in [0.4, 0.5) is 13.2 Å². The molecule has 1 saturated carbocycles. The summed E-state index contributed by atoms with van der Waals surface area (Å²) in [5.74, 6) is -0.644. The third-order valence-electron chi connectivity index (χ3n) is 5.84. The summed E-state index contributed by atoms with van der Waals surface area (Å²) < 4.78 is 40.9. The number of fused-ring (bicyclic) bond motifs is 1. The summed E-state index contributed by atoms with van der Waals surface area (Å²) in [5.41, 5.74) is 1.82. The molecule has 0 unspecified atom stereocenters. The quantitative estimate of drug-likeness (QED) is 0.414. The molecule has 170 valence electrons. The smallest absolute Gasteiger partial charge is 0.299 e. The van der Waals surface area contributed by atoms with Gasteiger partial charge in [0.15, 0.2) is 5.82 Å². The maximum absolute atomic E-state index is 13.6. The van der Waals surface area contributed by atoms with Gasteiger partial charge in [-0.3, -0.25) is 4.79 Å². The molecule has 0 N–H and O–H groups in total. The summed E-state index contributed by atoms with van der Waals surface area (Å²) in [6.45, 7) is 4.07. The van der Waals surface area contributed by atoms with Crippen LogP contribution in [0.1, 0.15) is 47.0 Å². The molecule has 5 rings (SSSR count). The van der Waals surface area contributed by atoms with Crippen molar-refractivity contribution >= 4 is 27.5 Å². The molecule has 1 aliphatic carbocycles. The van der Waals surface area contributed by atoms with E-state index in [0.29, 0.717) is 0 Å². The Morgan fingerprint density at radius 1 is 1.15 bits per heavy atom. The predicted molar refractivity (Wildman–Crippen MR) is 115 cm³/mol. The number of alkyl halides is 3. The van der Waals surface area contributed by atoms with Gasteiger partial charge < -0.3 is 0 Å². The van der Waals surface area contributed by atoms with E-state index in [2.05, 4.69) is 32.1 Å². The van der Waals surface area contributed by atoms with E-state index in [1.807, 2.05) is 6.92 Å². The van der Waals surface area contributed by atoms with E-state index >= 15 is 0 Å². The first kappa shape index (κ1) is 21.6. The Morgan fingerprint density at radius 3 is 2.55 bits per heavy atom. The predicted octanol–water partition coefficient (Wildman–Crippen LogP) is 4.40. The van der Waals surface area contributed by atoms with Crippen LogP contribution in [0, 0.1) is 6.92 Å². The van der Waals surface area contributed by atoms with Crippen molar-refractivity contribution < 1.29 is 18.0 Å². The Bertz CT molecular complexity index is 1360. The van der Waals surface area contributed by atoms with E-state index in [0.717, 1.165) is 50.2 Å². The average Bonchev–Trinajstić information content (AvgIpc) is 3.14. The maximum atomic E-state index is 13.6. The van der Waals surface area contributed by atoms with Crippen molar-refractivity contribution in [1.29, 1.82) is 0 Å². The molecular weight excluding hydrogens is 453 g/mol. The summed E-state index contributed by atoms with van der Waals surface area (Å²) in [5, 5.41) is 8.38. The van der Waals surface area contributed by atoms with Gasteiger partial charge in [0.25, 0.3) is 0 Å². The molecule has 0 atom stereocenters. The van der Waals surface area contributed by atoms with Crippen molar-refractivity contribution in [2.45, 2.75) is 51.1 Å². The molecule has 4 aromatic rings. The molecule has 0 amide bonds. The van der Waals surface area contributed by atoms with Gasteiger partial charge >= 0.3 is 6.18 Å². The molecule has 0 bridgehead atoms. The summed E-state index contributed by atoms with van der Waals surface area (Å²) >= 11 is 1.51. The van der Waals surface area contributed by atoms with E-state index in [-0.39, 0.29) is 29.6 Å². The van der Waals surface area contributed by atoms with E-state index in [1.165, 1.54) is 29.9 Å². The number of rotatable bonds is 6. The highest BCUT2D eigenvalue weighted by Gasteiger charge is 2.43. The fraction of sp³-hybridized carbons (Fsp3) is 0.364. The molecule has 0 spiro atoms. The topological polar surface area (TPSA) is 86.5 Å². The maximum Gasteiger partial charge on any atom is 0.420 e. The Hall–Kier alpha value is -3.21. The van der Waals surface area contributed by atoms with Crippen LogP contribution in [0.25, 0.3) is 16.2 Å². The van der Waals surface area contributed by atoms with Crippen LogP contribution in [-0.2, 0) is 29.2 Å². The molecule has 1 fully saturated rings. The number of nitrogens with zero attached hydrogens (tertiary/aromatic N) is 6. The third kappa shape index (κ3) is 4.12. The van der Waals surface area contributed by atoms with E-state index in [9.17, 15) is 18.0 Å². The number of pyridine rings is 2. The second kappa shape index (κ2) is 7.68. The minimum Gasteiger partial charge on any atom is -0.299 e. The van der Waals surface area contributed by atoms with Gasteiger partial charge in [-0.15, -0.1) is 4.80 Å². The summed E-state index contributed by atoms with van der Waals surface area (Å²) in [6.07, 6.45) is 2.76. The minimum absolute atomic E-state index is 0.0409. The molecular formula is C22H19F3N6OS. The molecule has 11 heteroatoms. The Labute approximate surface area is 190 Å². The standard InChI is InChI=1S/C22H19F3N6OS/c1-12-30-18-17(21(2)3-4-21)14(11-27-20(18)33-12)9-15(32)7-13-8-16(22(23,24)25)19(26-10-13)31-28-5-6-29-31/h5-6,8,10-11H,3-4,7,9H2,1-2H3. The molecule has 4 heterocycles. The summed E-state index contributed by atoms with van der Waals surface area (Å²) in [7, 11) is 0. The largest absolute Gasteiger partial charge is 0.420 e. The summed E-state index contributed by atoms with van der Waals surface area (Å²) in [4.78, 5) is 27.6. The van der Waals surface area contributed by atoms with Crippen molar-refractivity contribution in [2.24, 2.45) is 0 Å². The van der Waals surface area contributed by atoms with Gasteiger partial charge in [0.2, 0.25) is 0 Å². The molecule has 0 aliphatic heterocycles. The zero-order valence-electron chi connectivity index (χ0n) is 17.8. The number of hydrogen-bond donors (Lipinski definition) is 0. The zero-order chi connectivity index (χ0) is 23.4. The minimum atomic E-state index is -4.67. The first-order valence-corrected chi connectivity index (χ1v) is 11.2. The van der Waals surface area contributed by atoms with E-state index in [1.54, 1.807) is 6.20 Å². The number of Topliss-reactive ketones (excluding diaryl/α,β-unsaturated/α-hetero) is 1. The van der Waals surface area contributed by atoms with Crippen LogP contribution in [0.2, 0.25) is 0 Å². The van der Waals surface area contributed by atoms with Gasteiger partial charge in [0, 0.05) is 25.2 Å². The fourth-order valence-corrected chi connectivity index (χ4v) is 4.82. The fourth-order valence-electron chi connectivity index (χ4n) is 4.06. The van der Waals surface area contributed by atoms with Crippen LogP contribution in [0.5, 0.6) is 0 Å². The van der Waals surface area contributed by atoms with Crippen LogP contribution in [0.3, 0.4) is 0 Å². The molecule has 1 aliphatic rings. The second-order valence-electron chi connectivity index (χ2n) is 8.53. The number of aryl methyl sites for hydroxylation is 1. The second-order valence-corrected chi connectivity index (χ2v) is 9.71. The third-order valence-corrected chi connectivity index (χ3v) is 6.72. The lowest BCUT2D eigenvalue weighted by molar-refractivity contribution is -0.138. The van der Waals surface area contributed by atoms with Gasteiger partial charge in [-0.25, -0.2) is 15.0 Å². The lowest BCUT2D eigenvalue weighted by Crippen LogP contribution is -2.17. The van der Waals surface area contributed by atoms with Crippen molar-refractivity contribution in [1.82, 2.24) is 29.9 Å². The average molecular weight is 472 g/mol. The first-order chi connectivity index (χ1) is 15.6. The first-order valence-electron chi connectivity index (χ1n) is 10.3. The van der Waals surface area contributed by atoms with Crippen LogP contribution >= 0.6 is 11.3 Å². The Morgan fingerprint density at radius 2 is 1.88 bits per heavy atom. The monoisotopic (exact) mass is 472 g/mol. The number of aromatic nitrogens is 6. The number of carbonyl (C=O) groups is 1. The van der Waals surface area contributed by atoms with Gasteiger partial charge in [-0.2, -0.15) is 23.4 Å². The van der Waals surface area contributed by atoms with Gasteiger partial charge in [0.1, 0.15) is 21.7 Å². The van der Waals surface area contributed by atoms with E-state index in [4.69, 9.17) is 0 Å². The Balaban J connectivity index is 1.44. The lowest BCUT2D eigenvalue weighted by atomic mass is 9.90. The number of ketones is 1. The van der Waals surface area contributed by atoms with E-state index < -0.39 is 17.6 Å². The van der Waals surface area contributed by atoms with Crippen molar-refractivity contribution in [3.63, 3.8) is 0 Å². The highest BCUT2D eigenvalue weighted by molar-refractivity contribution is 7.18. The van der Waals surface area contributed by atoms with Crippen LogP contribution in [0.15, 0.2) is 30.9 Å². The van der Waals surface area contributed by atoms with Crippen LogP contribution in [-0.4, -0.2) is 35.7 Å². The highest BCUT2D eigenvalue weighted by atomic mass is 32.1. The number of halogens is 3. The van der Waals surface area contributed by atoms with Crippen molar-refractivity contribution in [3.8, 4) is 5.82 Å². The van der Waals surface area contributed by atoms with Crippen LogP contribution < -0.4 is 0 Å².